The molecule has 9 heteroatoms. The minimum absolute atomic E-state index is 0.177. The van der Waals surface area contributed by atoms with E-state index in [-0.39, 0.29) is 4.21 Å². The third kappa shape index (κ3) is 3.46. The Bertz CT molecular complexity index is 963. The number of thiophene rings is 1. The van der Waals surface area contributed by atoms with Crippen LogP contribution in [0, 0.1) is 13.8 Å². The lowest BCUT2D eigenvalue weighted by Crippen LogP contribution is -2.11. The Hall–Kier alpha value is -1.71. The van der Waals surface area contributed by atoms with Crippen molar-refractivity contribution in [2.24, 2.45) is 0 Å². The fraction of sp³-hybridized carbons (Fsp3) is 0.143. The first-order valence-corrected chi connectivity index (χ1v) is 9.64. The molecule has 0 unspecified atom stereocenters. The van der Waals surface area contributed by atoms with Gasteiger partial charge in [0.2, 0.25) is 5.89 Å². The van der Waals surface area contributed by atoms with E-state index in [2.05, 4.69) is 30.8 Å². The summed E-state index contributed by atoms with van der Waals surface area (Å²) in [7, 11) is -3.68. The number of benzene rings is 1. The number of sulfonamides is 1. The molecule has 0 aliphatic rings. The lowest BCUT2D eigenvalue weighted by Gasteiger charge is -2.08. The number of hydrogen-bond donors (Lipinski definition) is 1. The lowest BCUT2D eigenvalue weighted by atomic mass is 10.2. The van der Waals surface area contributed by atoms with Crippen LogP contribution in [-0.4, -0.2) is 18.6 Å². The van der Waals surface area contributed by atoms with E-state index in [9.17, 15) is 8.42 Å². The zero-order valence-corrected chi connectivity index (χ0v) is 15.4. The van der Waals surface area contributed by atoms with Gasteiger partial charge in [-0.2, -0.15) is 0 Å². The summed E-state index contributed by atoms with van der Waals surface area (Å²) in [6, 6.07) is 8.57. The third-order valence-electron chi connectivity index (χ3n) is 2.95. The molecule has 2 heterocycles. The van der Waals surface area contributed by atoms with Gasteiger partial charge >= 0.3 is 0 Å². The van der Waals surface area contributed by atoms with E-state index in [1.807, 2.05) is 19.1 Å². The molecule has 0 fully saturated rings. The number of rotatable bonds is 4. The summed E-state index contributed by atoms with van der Waals surface area (Å²) < 4.78 is 33.7. The molecule has 0 amide bonds. The van der Waals surface area contributed by atoms with Gasteiger partial charge in [0.15, 0.2) is 0 Å². The first kappa shape index (κ1) is 16.2. The Morgan fingerprint density at radius 1 is 1.17 bits per heavy atom. The second kappa shape index (κ2) is 6.06. The van der Waals surface area contributed by atoms with Gasteiger partial charge in [-0.15, -0.1) is 21.5 Å². The van der Waals surface area contributed by atoms with E-state index >= 15 is 0 Å². The molecule has 0 saturated heterocycles. The third-order valence-corrected chi connectivity index (χ3v) is 6.54. The molecule has 3 aromatic rings. The summed E-state index contributed by atoms with van der Waals surface area (Å²) in [5, 5.41) is 7.63. The first-order valence-electron chi connectivity index (χ1n) is 6.54. The SMILES string of the molecule is Cc1ccc(NS(=O)(=O)c2ccc(-c3nnc(C)o3)s2)c(Br)c1. The zero-order valence-electron chi connectivity index (χ0n) is 12.2. The van der Waals surface area contributed by atoms with Gasteiger partial charge in [-0.05, 0) is 52.7 Å². The Labute approximate surface area is 145 Å². The lowest BCUT2D eigenvalue weighted by molar-refractivity contribution is 0.534. The van der Waals surface area contributed by atoms with Crippen LogP contribution >= 0.6 is 27.3 Å². The number of nitrogens with one attached hydrogen (secondary N) is 1. The second-order valence-electron chi connectivity index (χ2n) is 4.83. The van der Waals surface area contributed by atoms with E-state index in [1.54, 1.807) is 19.1 Å². The van der Waals surface area contributed by atoms with Crippen LogP contribution < -0.4 is 4.72 Å². The molecule has 0 saturated carbocycles. The van der Waals surface area contributed by atoms with Crippen molar-refractivity contribution in [3.8, 4) is 10.8 Å². The van der Waals surface area contributed by atoms with Gasteiger partial charge in [0, 0.05) is 11.4 Å². The van der Waals surface area contributed by atoms with Gasteiger partial charge in [0.25, 0.3) is 15.9 Å². The molecule has 0 spiro atoms. The van der Waals surface area contributed by atoms with E-state index in [1.165, 1.54) is 6.07 Å². The van der Waals surface area contributed by atoms with Crippen LogP contribution in [0.2, 0.25) is 0 Å². The van der Waals surface area contributed by atoms with E-state index in [0.717, 1.165) is 16.9 Å². The standard InChI is InChI=1S/C14H12BrN3O3S2/c1-8-3-4-11(10(15)7-8)18-23(19,20)13-6-5-12(22-13)14-17-16-9(2)21-14/h3-7,18H,1-2H3. The monoisotopic (exact) mass is 413 g/mol. The maximum Gasteiger partial charge on any atom is 0.271 e. The predicted molar refractivity (Wildman–Crippen MR) is 92.0 cm³/mol. The molecular weight excluding hydrogens is 402 g/mol. The van der Waals surface area contributed by atoms with Gasteiger partial charge in [-0.3, -0.25) is 4.72 Å². The average molecular weight is 414 g/mol. The van der Waals surface area contributed by atoms with Crippen molar-refractivity contribution < 1.29 is 12.8 Å². The molecule has 1 aromatic carbocycles. The van der Waals surface area contributed by atoms with Crippen LogP contribution in [-0.2, 0) is 10.0 Å². The van der Waals surface area contributed by atoms with Gasteiger partial charge in [0.1, 0.15) is 4.21 Å². The molecule has 0 bridgehead atoms. The van der Waals surface area contributed by atoms with Gasteiger partial charge in [-0.25, -0.2) is 8.42 Å². The van der Waals surface area contributed by atoms with Crippen molar-refractivity contribution in [3.05, 3.63) is 46.3 Å². The van der Waals surface area contributed by atoms with Crippen LogP contribution in [0.1, 0.15) is 11.5 Å². The van der Waals surface area contributed by atoms with Gasteiger partial charge < -0.3 is 4.42 Å². The Kier molecular flexibility index (Phi) is 4.26. The number of nitrogens with zero attached hydrogens (tertiary/aromatic N) is 2. The zero-order chi connectivity index (χ0) is 16.6. The van der Waals surface area contributed by atoms with Crippen molar-refractivity contribution in [3.63, 3.8) is 0 Å². The number of anilines is 1. The Balaban J connectivity index is 1.89. The normalized spacial score (nSPS) is 11.6. The fourth-order valence-corrected chi connectivity index (χ4v) is 4.90. The second-order valence-corrected chi connectivity index (χ2v) is 8.68. The number of aryl methyl sites for hydroxylation is 2. The molecule has 23 heavy (non-hydrogen) atoms. The minimum Gasteiger partial charge on any atom is -0.420 e. The van der Waals surface area contributed by atoms with Crippen LogP contribution in [0.3, 0.4) is 0 Å². The molecule has 2 aromatic heterocycles. The minimum atomic E-state index is -3.68. The quantitative estimate of drug-likeness (QED) is 0.698. The Morgan fingerprint density at radius 2 is 1.96 bits per heavy atom. The predicted octanol–water partition coefficient (Wildman–Crippen LogP) is 3.98. The molecule has 0 aliphatic heterocycles. The van der Waals surface area contributed by atoms with Crippen molar-refractivity contribution in [2.45, 2.75) is 18.1 Å². The van der Waals surface area contributed by atoms with Crippen molar-refractivity contribution in [1.82, 2.24) is 10.2 Å². The molecule has 0 atom stereocenters. The highest BCUT2D eigenvalue weighted by atomic mass is 79.9. The van der Waals surface area contributed by atoms with E-state index < -0.39 is 10.0 Å². The van der Waals surface area contributed by atoms with Crippen molar-refractivity contribution >= 4 is 43.0 Å². The van der Waals surface area contributed by atoms with Crippen LogP contribution in [0.15, 0.2) is 43.4 Å². The molecule has 1 N–H and O–H groups in total. The highest BCUT2D eigenvalue weighted by Crippen LogP contribution is 2.32. The summed E-state index contributed by atoms with van der Waals surface area (Å²) in [6.45, 7) is 3.61. The van der Waals surface area contributed by atoms with E-state index in [4.69, 9.17) is 4.42 Å². The molecule has 3 rings (SSSR count). The summed E-state index contributed by atoms with van der Waals surface area (Å²) in [5.74, 6) is 0.741. The smallest absolute Gasteiger partial charge is 0.271 e. The molecule has 120 valence electrons. The number of halogens is 1. The molecular formula is C14H12BrN3O3S2. The molecule has 0 radical (unpaired) electrons. The van der Waals surface area contributed by atoms with E-state index in [0.29, 0.717) is 26.8 Å². The molecule has 0 aliphatic carbocycles. The Morgan fingerprint density at radius 3 is 2.61 bits per heavy atom. The van der Waals surface area contributed by atoms with Crippen molar-refractivity contribution in [1.29, 1.82) is 0 Å². The summed E-state index contributed by atoms with van der Waals surface area (Å²) >= 11 is 4.43. The first-order chi connectivity index (χ1) is 10.8. The molecule has 6 nitrogen and oxygen atoms in total. The maximum atomic E-state index is 12.5. The number of aromatic nitrogens is 2. The maximum absolute atomic E-state index is 12.5. The average Bonchev–Trinajstić information content (AvgIpc) is 3.10. The summed E-state index contributed by atoms with van der Waals surface area (Å²) in [5.41, 5.74) is 1.52. The number of hydrogen-bond acceptors (Lipinski definition) is 6. The highest BCUT2D eigenvalue weighted by Gasteiger charge is 2.20. The summed E-state index contributed by atoms with van der Waals surface area (Å²) in [6.07, 6.45) is 0. The van der Waals surface area contributed by atoms with Crippen LogP contribution in [0.25, 0.3) is 10.8 Å². The largest absolute Gasteiger partial charge is 0.420 e. The fourth-order valence-electron chi connectivity index (χ4n) is 1.87. The van der Waals surface area contributed by atoms with Crippen LogP contribution in [0.4, 0.5) is 5.69 Å². The highest BCUT2D eigenvalue weighted by molar-refractivity contribution is 9.10. The van der Waals surface area contributed by atoms with Gasteiger partial charge in [0.05, 0.1) is 10.6 Å². The van der Waals surface area contributed by atoms with Crippen LogP contribution in [0.5, 0.6) is 0 Å². The van der Waals surface area contributed by atoms with Gasteiger partial charge in [-0.1, -0.05) is 6.07 Å². The summed E-state index contributed by atoms with van der Waals surface area (Å²) in [4.78, 5) is 0.606. The van der Waals surface area contributed by atoms with Crippen molar-refractivity contribution in [2.75, 3.05) is 4.72 Å². The topological polar surface area (TPSA) is 85.1 Å².